The van der Waals surface area contributed by atoms with Gasteiger partial charge in [0, 0.05) is 16.8 Å². The van der Waals surface area contributed by atoms with Crippen LogP contribution in [0.4, 0.5) is 13.2 Å². The van der Waals surface area contributed by atoms with Crippen LogP contribution in [0.25, 0.3) is 17.3 Å². The molecule has 3 aromatic heterocycles. The van der Waals surface area contributed by atoms with E-state index in [9.17, 15) is 13.2 Å². The largest absolute Gasteiger partial charge is 0.486 e. The Morgan fingerprint density at radius 1 is 0.967 bits per heavy atom. The number of halogens is 4. The second-order valence-corrected chi connectivity index (χ2v) is 6.44. The molecule has 0 aliphatic carbocycles. The second-order valence-electron chi connectivity index (χ2n) is 6.03. The van der Waals surface area contributed by atoms with Gasteiger partial charge in [-0.25, -0.2) is 9.97 Å². The molecule has 0 saturated heterocycles. The van der Waals surface area contributed by atoms with Gasteiger partial charge < -0.3 is 4.74 Å². The molecule has 0 spiro atoms. The van der Waals surface area contributed by atoms with Crippen molar-refractivity contribution < 1.29 is 17.9 Å². The molecular formula is C19H12ClF3N6O. The zero-order valence-corrected chi connectivity index (χ0v) is 15.8. The van der Waals surface area contributed by atoms with E-state index in [2.05, 4.69) is 25.3 Å². The summed E-state index contributed by atoms with van der Waals surface area (Å²) in [7, 11) is 0. The number of aromatic nitrogens is 6. The summed E-state index contributed by atoms with van der Waals surface area (Å²) in [4.78, 5) is 12.4. The Labute approximate surface area is 173 Å². The molecule has 0 saturated carbocycles. The fourth-order valence-electron chi connectivity index (χ4n) is 2.62. The molecule has 7 nitrogen and oxygen atoms in total. The van der Waals surface area contributed by atoms with Gasteiger partial charge in [0.15, 0.2) is 5.75 Å². The molecule has 0 atom stereocenters. The summed E-state index contributed by atoms with van der Waals surface area (Å²) in [5.74, 6) is 0.391. The fraction of sp³-hybridized carbons (Fsp3) is 0.105. The average molecular weight is 433 g/mol. The van der Waals surface area contributed by atoms with Crippen molar-refractivity contribution in [1.29, 1.82) is 0 Å². The Bertz CT molecular complexity index is 1150. The molecule has 30 heavy (non-hydrogen) atoms. The summed E-state index contributed by atoms with van der Waals surface area (Å²) in [6, 6.07) is 8.97. The van der Waals surface area contributed by atoms with Gasteiger partial charge >= 0.3 is 6.18 Å². The number of pyridine rings is 1. The molecule has 3 heterocycles. The minimum absolute atomic E-state index is 0.0352. The first-order chi connectivity index (χ1) is 14.4. The lowest BCUT2D eigenvalue weighted by molar-refractivity contribution is -0.138. The van der Waals surface area contributed by atoms with Gasteiger partial charge in [-0.05, 0) is 24.3 Å². The summed E-state index contributed by atoms with van der Waals surface area (Å²) in [6.45, 7) is -0.385. The second kappa shape index (κ2) is 8.07. The number of hydrogen-bond acceptors (Lipinski definition) is 6. The van der Waals surface area contributed by atoms with E-state index in [1.165, 1.54) is 29.2 Å². The van der Waals surface area contributed by atoms with Crippen LogP contribution in [0.3, 0.4) is 0 Å². The molecule has 0 aliphatic heterocycles. The molecule has 0 unspecified atom stereocenters. The Hall–Kier alpha value is -3.53. The van der Waals surface area contributed by atoms with Crippen LogP contribution >= 0.6 is 11.6 Å². The van der Waals surface area contributed by atoms with Crippen molar-refractivity contribution in [2.75, 3.05) is 0 Å². The maximum atomic E-state index is 13.2. The van der Waals surface area contributed by atoms with Gasteiger partial charge in [-0.2, -0.15) is 17.9 Å². The van der Waals surface area contributed by atoms with Crippen molar-refractivity contribution in [2.24, 2.45) is 0 Å². The summed E-state index contributed by atoms with van der Waals surface area (Å²) in [5.41, 5.74) is 0.172. The van der Waals surface area contributed by atoms with Gasteiger partial charge in [-0.1, -0.05) is 28.9 Å². The molecule has 0 amide bonds. The molecular weight excluding hydrogens is 421 g/mol. The first-order valence-electron chi connectivity index (χ1n) is 8.55. The van der Waals surface area contributed by atoms with Crippen LogP contribution in [-0.2, 0) is 12.8 Å². The maximum Gasteiger partial charge on any atom is 0.416 e. The van der Waals surface area contributed by atoms with Crippen molar-refractivity contribution in [2.45, 2.75) is 12.8 Å². The first kappa shape index (κ1) is 19.8. The lowest BCUT2D eigenvalue weighted by Gasteiger charge is -2.14. The van der Waals surface area contributed by atoms with Crippen molar-refractivity contribution in [3.05, 3.63) is 77.3 Å². The zero-order chi connectivity index (χ0) is 21.1. The van der Waals surface area contributed by atoms with E-state index in [4.69, 9.17) is 16.3 Å². The van der Waals surface area contributed by atoms with Crippen molar-refractivity contribution >= 4 is 11.6 Å². The van der Waals surface area contributed by atoms with Gasteiger partial charge in [-0.3, -0.25) is 4.98 Å². The van der Waals surface area contributed by atoms with Gasteiger partial charge in [-0.15, -0.1) is 5.10 Å². The highest BCUT2D eigenvalue weighted by Gasteiger charge is 2.34. The summed E-state index contributed by atoms with van der Waals surface area (Å²) < 4.78 is 46.2. The molecule has 0 radical (unpaired) electrons. The number of nitrogens with zero attached hydrogens (tertiary/aromatic N) is 6. The highest BCUT2D eigenvalue weighted by atomic mass is 35.5. The number of alkyl halides is 3. The van der Waals surface area contributed by atoms with Crippen LogP contribution < -0.4 is 4.74 Å². The lowest BCUT2D eigenvalue weighted by Crippen LogP contribution is -2.11. The van der Waals surface area contributed by atoms with E-state index < -0.39 is 11.7 Å². The Morgan fingerprint density at radius 3 is 2.47 bits per heavy atom. The molecule has 152 valence electrons. The summed E-state index contributed by atoms with van der Waals surface area (Å²) in [5, 5.41) is 7.94. The number of rotatable bonds is 5. The topological polar surface area (TPSA) is 78.6 Å². The van der Waals surface area contributed by atoms with Crippen LogP contribution in [0, 0.1) is 0 Å². The van der Waals surface area contributed by atoms with Crippen LogP contribution in [0.5, 0.6) is 5.75 Å². The molecule has 0 N–H and O–H groups in total. The van der Waals surface area contributed by atoms with Gasteiger partial charge in [0.25, 0.3) is 5.95 Å². The SMILES string of the molecule is FC(F)(F)c1cccc(Cl)c1COc1cnc(-n2cc(-c3ccccn3)nn2)nc1. The number of ether oxygens (including phenoxy) is 1. The smallest absolute Gasteiger partial charge is 0.416 e. The van der Waals surface area contributed by atoms with Crippen molar-refractivity contribution in [3.63, 3.8) is 0 Å². The molecule has 4 aromatic rings. The molecule has 0 bridgehead atoms. The molecule has 11 heteroatoms. The maximum absolute atomic E-state index is 13.2. The Kier molecular flexibility index (Phi) is 5.32. The normalized spacial score (nSPS) is 11.5. The third-order valence-corrected chi connectivity index (χ3v) is 4.40. The minimum Gasteiger partial charge on any atom is -0.486 e. The van der Waals surface area contributed by atoms with Crippen molar-refractivity contribution in [1.82, 2.24) is 29.9 Å². The van der Waals surface area contributed by atoms with E-state index in [0.717, 1.165) is 6.07 Å². The Morgan fingerprint density at radius 2 is 1.77 bits per heavy atom. The third-order valence-electron chi connectivity index (χ3n) is 4.05. The van der Waals surface area contributed by atoms with Gasteiger partial charge in [0.05, 0.1) is 29.8 Å². The minimum atomic E-state index is -4.54. The molecule has 1 aromatic carbocycles. The number of hydrogen-bond donors (Lipinski definition) is 0. The zero-order valence-electron chi connectivity index (χ0n) is 15.1. The highest BCUT2D eigenvalue weighted by molar-refractivity contribution is 6.31. The van der Waals surface area contributed by atoms with Gasteiger partial charge in [0.1, 0.15) is 12.3 Å². The highest BCUT2D eigenvalue weighted by Crippen LogP contribution is 2.35. The summed E-state index contributed by atoms with van der Waals surface area (Å²) in [6.07, 6.45) is 1.36. The van der Waals surface area contributed by atoms with E-state index in [0.29, 0.717) is 11.4 Å². The van der Waals surface area contributed by atoms with Gasteiger partial charge in [0.2, 0.25) is 0 Å². The van der Waals surface area contributed by atoms with Crippen LogP contribution in [-0.4, -0.2) is 29.9 Å². The van der Waals surface area contributed by atoms with E-state index in [1.54, 1.807) is 24.5 Å². The Balaban J connectivity index is 1.49. The van der Waals surface area contributed by atoms with E-state index >= 15 is 0 Å². The van der Waals surface area contributed by atoms with Crippen molar-refractivity contribution in [3.8, 4) is 23.1 Å². The van der Waals surface area contributed by atoms with Crippen LogP contribution in [0.15, 0.2) is 61.2 Å². The molecule has 0 fully saturated rings. The standard InChI is InChI=1S/C19H12ClF3N6O/c20-15-5-3-4-14(19(21,22)23)13(15)11-30-12-8-25-18(26-9-12)29-10-17(27-28-29)16-6-1-2-7-24-16/h1-10H,11H2. The first-order valence-corrected chi connectivity index (χ1v) is 8.93. The predicted octanol–water partition coefficient (Wildman–Crippen LogP) is 4.37. The fourth-order valence-corrected chi connectivity index (χ4v) is 2.85. The summed E-state index contributed by atoms with van der Waals surface area (Å²) >= 11 is 5.92. The lowest BCUT2D eigenvalue weighted by atomic mass is 10.1. The predicted molar refractivity (Wildman–Crippen MR) is 101 cm³/mol. The van der Waals surface area contributed by atoms with Crippen LogP contribution in [0.1, 0.15) is 11.1 Å². The molecule has 4 rings (SSSR count). The number of benzene rings is 1. The van der Waals surface area contributed by atoms with Crippen LogP contribution in [0.2, 0.25) is 5.02 Å². The monoisotopic (exact) mass is 432 g/mol. The average Bonchev–Trinajstić information content (AvgIpc) is 3.23. The van der Waals surface area contributed by atoms with E-state index in [-0.39, 0.29) is 28.9 Å². The third kappa shape index (κ3) is 4.23. The van der Waals surface area contributed by atoms with E-state index in [1.807, 2.05) is 6.07 Å². The quantitative estimate of drug-likeness (QED) is 0.466. The molecule has 0 aliphatic rings.